The largest absolute Gasteiger partial charge is 0.309 e. The van der Waals surface area contributed by atoms with Gasteiger partial charge >= 0.3 is 0 Å². The summed E-state index contributed by atoms with van der Waals surface area (Å²) in [5.74, 6) is 0.311. The predicted molar refractivity (Wildman–Crippen MR) is 80.5 cm³/mol. The van der Waals surface area contributed by atoms with E-state index in [9.17, 15) is 4.79 Å². The molecule has 8 heteroatoms. The molecular weight excluding hydrogens is 336 g/mol. The number of halogens is 1. The van der Waals surface area contributed by atoms with Crippen LogP contribution in [-0.4, -0.2) is 25.5 Å². The van der Waals surface area contributed by atoms with Gasteiger partial charge in [-0.2, -0.15) is 15.5 Å². The summed E-state index contributed by atoms with van der Waals surface area (Å²) in [7, 11) is 0. The highest BCUT2D eigenvalue weighted by Gasteiger charge is 2.11. The molecule has 0 spiro atoms. The van der Waals surface area contributed by atoms with E-state index in [1.54, 1.807) is 16.9 Å². The van der Waals surface area contributed by atoms with Gasteiger partial charge in [0.25, 0.3) is 0 Å². The summed E-state index contributed by atoms with van der Waals surface area (Å²) in [5, 5.41) is 19.7. The van der Waals surface area contributed by atoms with Gasteiger partial charge in [-0.25, -0.2) is 0 Å². The molecule has 2 rings (SSSR count). The van der Waals surface area contributed by atoms with Gasteiger partial charge in [0.2, 0.25) is 5.91 Å². The number of nitriles is 1. The van der Waals surface area contributed by atoms with E-state index in [0.717, 1.165) is 15.9 Å². The van der Waals surface area contributed by atoms with E-state index in [-0.39, 0.29) is 12.5 Å². The van der Waals surface area contributed by atoms with Crippen molar-refractivity contribution in [3.8, 4) is 6.07 Å². The van der Waals surface area contributed by atoms with Gasteiger partial charge in [-0.05, 0) is 29.8 Å². The van der Waals surface area contributed by atoms with Gasteiger partial charge in [-0.1, -0.05) is 0 Å². The van der Waals surface area contributed by atoms with Crippen molar-refractivity contribution >= 4 is 27.7 Å². The van der Waals surface area contributed by atoms with E-state index in [0.29, 0.717) is 18.8 Å². The number of anilines is 1. The van der Waals surface area contributed by atoms with Crippen molar-refractivity contribution < 1.29 is 4.79 Å². The van der Waals surface area contributed by atoms with Gasteiger partial charge in [0, 0.05) is 24.4 Å². The second-order valence-electron chi connectivity index (χ2n) is 4.56. The van der Waals surface area contributed by atoms with Crippen LogP contribution >= 0.6 is 15.9 Å². The predicted octanol–water partition coefficient (Wildman–Crippen LogP) is 2.01. The number of nitrogens with one attached hydrogen (secondary N) is 1. The number of rotatable bonds is 5. The Balaban J connectivity index is 1.89. The zero-order valence-corrected chi connectivity index (χ0v) is 13.4. The van der Waals surface area contributed by atoms with Crippen LogP contribution in [0.5, 0.6) is 0 Å². The molecule has 2 aromatic heterocycles. The van der Waals surface area contributed by atoms with Gasteiger partial charge in [0.1, 0.15) is 6.54 Å². The molecule has 0 bridgehead atoms. The first-order valence-electron chi connectivity index (χ1n) is 6.41. The van der Waals surface area contributed by atoms with Gasteiger partial charge in [0.15, 0.2) is 5.82 Å². The molecule has 110 valence electrons. The first kappa shape index (κ1) is 15.3. The Bertz CT molecular complexity index is 696. The third-order valence-electron chi connectivity index (χ3n) is 2.98. The lowest BCUT2D eigenvalue weighted by molar-refractivity contribution is -0.116. The molecule has 0 saturated heterocycles. The maximum absolute atomic E-state index is 11.9. The topological polar surface area (TPSA) is 88.5 Å². The second kappa shape index (κ2) is 6.54. The molecule has 0 aliphatic carbocycles. The fraction of sp³-hybridized carbons (Fsp3) is 0.385. The standard InChI is InChI=1S/C13H15BrN6O/c1-9-13(14)10(2)20(17-9)7-4-12(21)16-11-3-6-19(18-11)8-5-15/h3,6H,4,7-8H2,1-2H3,(H,16,18,21). The summed E-state index contributed by atoms with van der Waals surface area (Å²) in [5.41, 5.74) is 1.90. The number of aryl methyl sites for hydroxylation is 2. The van der Waals surface area contributed by atoms with Crippen LogP contribution in [0.1, 0.15) is 17.8 Å². The molecule has 0 radical (unpaired) electrons. The van der Waals surface area contributed by atoms with E-state index in [2.05, 4.69) is 31.4 Å². The average Bonchev–Trinajstić information content (AvgIpc) is 2.97. The van der Waals surface area contributed by atoms with Crippen molar-refractivity contribution in [2.24, 2.45) is 0 Å². The van der Waals surface area contributed by atoms with Crippen LogP contribution in [0, 0.1) is 25.2 Å². The van der Waals surface area contributed by atoms with Crippen molar-refractivity contribution in [1.82, 2.24) is 19.6 Å². The molecule has 7 nitrogen and oxygen atoms in total. The summed E-state index contributed by atoms with van der Waals surface area (Å²) in [4.78, 5) is 11.9. The molecule has 0 saturated carbocycles. The van der Waals surface area contributed by atoms with E-state index in [1.165, 1.54) is 4.68 Å². The Hall–Kier alpha value is -2.14. The Kier molecular flexibility index (Phi) is 4.75. The summed E-state index contributed by atoms with van der Waals surface area (Å²) < 4.78 is 4.24. The monoisotopic (exact) mass is 350 g/mol. The first-order chi connectivity index (χ1) is 10.0. The zero-order chi connectivity index (χ0) is 15.4. The lowest BCUT2D eigenvalue weighted by Crippen LogP contribution is -2.16. The maximum atomic E-state index is 11.9. The van der Waals surface area contributed by atoms with Gasteiger partial charge in [-0.3, -0.25) is 14.2 Å². The van der Waals surface area contributed by atoms with Crippen LogP contribution < -0.4 is 5.32 Å². The fourth-order valence-electron chi connectivity index (χ4n) is 1.89. The lowest BCUT2D eigenvalue weighted by atomic mass is 10.3. The van der Waals surface area contributed by atoms with Crippen molar-refractivity contribution in [3.05, 3.63) is 28.1 Å². The van der Waals surface area contributed by atoms with Gasteiger partial charge < -0.3 is 5.32 Å². The number of aromatic nitrogens is 4. The number of carbonyl (C=O) groups excluding carboxylic acids is 1. The van der Waals surface area contributed by atoms with E-state index >= 15 is 0 Å². The van der Waals surface area contributed by atoms with Crippen molar-refractivity contribution in [3.63, 3.8) is 0 Å². The maximum Gasteiger partial charge on any atom is 0.227 e. The zero-order valence-electron chi connectivity index (χ0n) is 11.8. The quantitative estimate of drug-likeness (QED) is 0.893. The van der Waals surface area contributed by atoms with Gasteiger partial charge in [0.05, 0.1) is 22.8 Å². The summed E-state index contributed by atoms with van der Waals surface area (Å²) >= 11 is 3.46. The smallest absolute Gasteiger partial charge is 0.227 e. The number of nitrogens with zero attached hydrogens (tertiary/aromatic N) is 5. The van der Waals surface area contributed by atoms with Crippen molar-refractivity contribution in [2.45, 2.75) is 33.4 Å². The average molecular weight is 351 g/mol. The Morgan fingerprint density at radius 1 is 1.48 bits per heavy atom. The molecule has 1 amide bonds. The molecule has 0 unspecified atom stereocenters. The van der Waals surface area contributed by atoms with E-state index in [4.69, 9.17) is 5.26 Å². The third kappa shape index (κ3) is 3.70. The van der Waals surface area contributed by atoms with Gasteiger partial charge in [-0.15, -0.1) is 0 Å². The number of hydrogen-bond acceptors (Lipinski definition) is 4. The Morgan fingerprint density at radius 3 is 2.86 bits per heavy atom. The summed E-state index contributed by atoms with van der Waals surface area (Å²) in [6.07, 6.45) is 1.95. The molecule has 2 heterocycles. The minimum atomic E-state index is -0.138. The van der Waals surface area contributed by atoms with E-state index in [1.807, 2.05) is 19.9 Å². The minimum Gasteiger partial charge on any atom is -0.309 e. The molecule has 0 atom stereocenters. The highest BCUT2D eigenvalue weighted by molar-refractivity contribution is 9.10. The van der Waals surface area contributed by atoms with Crippen LogP contribution in [0.3, 0.4) is 0 Å². The van der Waals surface area contributed by atoms with Crippen LogP contribution in [0.25, 0.3) is 0 Å². The van der Waals surface area contributed by atoms with Crippen molar-refractivity contribution in [2.75, 3.05) is 5.32 Å². The molecule has 0 aliphatic heterocycles. The SMILES string of the molecule is Cc1nn(CCC(=O)Nc2ccn(CC#N)n2)c(C)c1Br. The summed E-state index contributed by atoms with van der Waals surface area (Å²) in [6, 6.07) is 3.64. The number of hydrogen-bond donors (Lipinski definition) is 1. The van der Waals surface area contributed by atoms with Crippen LogP contribution in [0.2, 0.25) is 0 Å². The molecule has 21 heavy (non-hydrogen) atoms. The number of amides is 1. The second-order valence-corrected chi connectivity index (χ2v) is 5.36. The molecule has 0 aromatic carbocycles. The third-order valence-corrected chi connectivity index (χ3v) is 4.13. The Labute approximate surface area is 130 Å². The first-order valence-corrected chi connectivity index (χ1v) is 7.20. The fourth-order valence-corrected chi connectivity index (χ4v) is 2.18. The molecular formula is C13H15BrN6O. The van der Waals surface area contributed by atoms with Crippen LogP contribution in [0.4, 0.5) is 5.82 Å². The highest BCUT2D eigenvalue weighted by Crippen LogP contribution is 2.19. The number of carbonyl (C=O) groups is 1. The van der Waals surface area contributed by atoms with E-state index < -0.39 is 0 Å². The lowest BCUT2D eigenvalue weighted by Gasteiger charge is -2.04. The van der Waals surface area contributed by atoms with Crippen LogP contribution in [0.15, 0.2) is 16.7 Å². The van der Waals surface area contributed by atoms with Crippen molar-refractivity contribution in [1.29, 1.82) is 5.26 Å². The highest BCUT2D eigenvalue weighted by atomic mass is 79.9. The molecule has 0 fully saturated rings. The molecule has 1 N–H and O–H groups in total. The molecule has 2 aromatic rings. The van der Waals surface area contributed by atoms with Crippen LogP contribution in [-0.2, 0) is 17.9 Å². The normalized spacial score (nSPS) is 10.4. The summed E-state index contributed by atoms with van der Waals surface area (Å²) in [6.45, 7) is 4.53. The minimum absolute atomic E-state index is 0.138. The molecule has 0 aliphatic rings. The Morgan fingerprint density at radius 2 is 2.24 bits per heavy atom.